The van der Waals surface area contributed by atoms with Crippen LogP contribution in [0.15, 0.2) is 12.3 Å². The number of hydrogen-bond acceptors (Lipinski definition) is 6. The molecule has 2 saturated heterocycles. The first-order valence-electron chi connectivity index (χ1n) is 9.86. The maximum Gasteiger partial charge on any atom is 0.410 e. The van der Waals surface area contributed by atoms with Gasteiger partial charge in [0, 0.05) is 60.1 Å². The highest BCUT2D eigenvalue weighted by atomic mass is 32.2. The molecular weight excluding hydrogens is 394 g/mol. The van der Waals surface area contributed by atoms with Crippen LogP contribution in [-0.2, 0) is 15.5 Å². The molecule has 2 fully saturated rings. The van der Waals surface area contributed by atoms with Gasteiger partial charge in [-0.1, -0.05) is 0 Å². The fraction of sp³-hybridized carbons (Fsp3) is 0.684. The molecule has 3 amide bonds. The topological polar surface area (TPSA) is 105 Å². The number of nitrogens with zero attached hydrogens (tertiary/aromatic N) is 4. The Kier molecular flexibility index (Phi) is 6.40. The van der Waals surface area contributed by atoms with Crippen LogP contribution >= 0.6 is 0 Å². The third kappa shape index (κ3) is 5.65. The molecule has 160 valence electrons. The Morgan fingerprint density at radius 2 is 2.00 bits per heavy atom. The molecular formula is C19H29N5O4S. The molecule has 0 saturated carbocycles. The number of ether oxygens (including phenoxy) is 1. The summed E-state index contributed by atoms with van der Waals surface area (Å²) < 4.78 is 17.2. The highest BCUT2D eigenvalue weighted by Gasteiger charge is 2.32. The van der Waals surface area contributed by atoms with Gasteiger partial charge in [0.15, 0.2) is 0 Å². The van der Waals surface area contributed by atoms with Crippen molar-refractivity contribution >= 4 is 28.9 Å². The van der Waals surface area contributed by atoms with E-state index in [0.29, 0.717) is 31.9 Å². The Morgan fingerprint density at radius 3 is 2.69 bits per heavy atom. The van der Waals surface area contributed by atoms with E-state index in [2.05, 4.69) is 15.3 Å². The van der Waals surface area contributed by atoms with E-state index in [0.717, 1.165) is 12.1 Å². The predicted molar refractivity (Wildman–Crippen MR) is 110 cm³/mol. The summed E-state index contributed by atoms with van der Waals surface area (Å²) in [5, 5.41) is 2.69. The van der Waals surface area contributed by atoms with Crippen LogP contribution in [0.4, 0.5) is 15.5 Å². The van der Waals surface area contributed by atoms with Crippen molar-refractivity contribution in [3.8, 4) is 0 Å². The van der Waals surface area contributed by atoms with Crippen molar-refractivity contribution in [3.05, 3.63) is 18.0 Å². The van der Waals surface area contributed by atoms with Gasteiger partial charge >= 0.3 is 12.1 Å². The van der Waals surface area contributed by atoms with Crippen molar-refractivity contribution in [3.63, 3.8) is 0 Å². The number of amides is 3. The van der Waals surface area contributed by atoms with Gasteiger partial charge in [-0.05, 0) is 40.2 Å². The summed E-state index contributed by atoms with van der Waals surface area (Å²) in [7, 11) is -0.883. The molecule has 1 aromatic rings. The van der Waals surface area contributed by atoms with Gasteiger partial charge < -0.3 is 14.5 Å². The zero-order valence-electron chi connectivity index (χ0n) is 17.4. The molecule has 1 N–H and O–H groups in total. The van der Waals surface area contributed by atoms with Crippen LogP contribution in [0.1, 0.15) is 45.7 Å². The lowest BCUT2D eigenvalue weighted by molar-refractivity contribution is 0.0292. The fourth-order valence-electron chi connectivity index (χ4n) is 3.40. The zero-order chi connectivity index (χ0) is 21.2. The molecule has 3 heterocycles. The molecule has 10 heteroatoms. The largest absolute Gasteiger partial charge is 0.444 e. The summed E-state index contributed by atoms with van der Waals surface area (Å²) in [6.45, 7) is 9.45. The van der Waals surface area contributed by atoms with Crippen LogP contribution in [0.3, 0.4) is 0 Å². The van der Waals surface area contributed by atoms with Gasteiger partial charge in [0.25, 0.3) is 0 Å². The van der Waals surface area contributed by atoms with Gasteiger partial charge in [-0.25, -0.2) is 19.6 Å². The number of hydrogen-bond donors (Lipinski definition) is 1. The quantitative estimate of drug-likeness (QED) is 0.782. The number of carbonyl (C=O) groups excluding carboxylic acids is 2. The summed E-state index contributed by atoms with van der Waals surface area (Å²) in [4.78, 5) is 36.7. The smallest absolute Gasteiger partial charge is 0.410 e. The fourth-order valence-corrected chi connectivity index (χ4v) is 4.55. The van der Waals surface area contributed by atoms with Crippen LogP contribution in [0.2, 0.25) is 0 Å². The van der Waals surface area contributed by atoms with Crippen LogP contribution in [-0.4, -0.2) is 78.9 Å². The number of rotatable bonds is 2. The van der Waals surface area contributed by atoms with Crippen molar-refractivity contribution in [2.75, 3.05) is 37.2 Å². The summed E-state index contributed by atoms with van der Waals surface area (Å²) >= 11 is 0. The van der Waals surface area contributed by atoms with E-state index in [1.807, 2.05) is 33.8 Å². The van der Waals surface area contributed by atoms with Crippen molar-refractivity contribution in [2.45, 2.75) is 50.9 Å². The zero-order valence-corrected chi connectivity index (χ0v) is 18.2. The van der Waals surface area contributed by atoms with Crippen LogP contribution in [0.25, 0.3) is 0 Å². The summed E-state index contributed by atoms with van der Waals surface area (Å²) in [5.74, 6) is 0.791. The number of aromatic nitrogens is 2. The molecule has 0 spiro atoms. The number of urea groups is 1. The number of anilines is 1. The third-order valence-electron chi connectivity index (χ3n) is 4.93. The van der Waals surface area contributed by atoms with E-state index in [4.69, 9.17) is 4.74 Å². The molecule has 29 heavy (non-hydrogen) atoms. The Labute approximate surface area is 173 Å². The molecule has 0 aliphatic carbocycles. The summed E-state index contributed by atoms with van der Waals surface area (Å²) in [5.41, 5.74) is 0.259. The van der Waals surface area contributed by atoms with Crippen LogP contribution in [0, 0.1) is 0 Å². The molecule has 3 rings (SSSR count). The number of nitrogens with one attached hydrogen (secondary N) is 1. The second-order valence-corrected chi connectivity index (χ2v) is 10.5. The van der Waals surface area contributed by atoms with Gasteiger partial charge in [-0.15, -0.1) is 0 Å². The average Bonchev–Trinajstić information content (AvgIpc) is 3.13. The number of carbonyl (C=O) groups is 2. The molecule has 3 unspecified atom stereocenters. The molecule has 2 aliphatic heterocycles. The minimum absolute atomic E-state index is 0.0425. The molecule has 3 atom stereocenters. The van der Waals surface area contributed by atoms with Gasteiger partial charge in [-0.2, -0.15) is 0 Å². The van der Waals surface area contributed by atoms with Gasteiger partial charge in [0.2, 0.25) is 5.95 Å². The van der Waals surface area contributed by atoms with Crippen molar-refractivity contribution in [1.29, 1.82) is 0 Å². The molecule has 0 radical (unpaired) electrons. The Bertz CT molecular complexity index is 797. The Hall–Kier alpha value is -2.23. The average molecular weight is 424 g/mol. The second kappa shape index (κ2) is 8.64. The molecule has 9 nitrogen and oxygen atoms in total. The first-order chi connectivity index (χ1) is 13.6. The molecule has 2 aliphatic rings. The minimum Gasteiger partial charge on any atom is -0.444 e. The van der Waals surface area contributed by atoms with Gasteiger partial charge in [0.1, 0.15) is 5.60 Å². The Balaban J connectivity index is 1.59. The SMILES string of the molecule is CC1CN(C(=O)Nc2nccc(C3CCN(C(=O)OC(C)(C)C)C3)n2)CCS1=O. The second-order valence-electron chi connectivity index (χ2n) is 8.49. The Morgan fingerprint density at radius 1 is 1.24 bits per heavy atom. The lowest BCUT2D eigenvalue weighted by Gasteiger charge is -2.30. The van der Waals surface area contributed by atoms with Crippen molar-refractivity contribution in [1.82, 2.24) is 19.8 Å². The lowest BCUT2D eigenvalue weighted by atomic mass is 10.1. The maximum absolute atomic E-state index is 12.5. The van der Waals surface area contributed by atoms with E-state index in [1.54, 1.807) is 16.0 Å². The van der Waals surface area contributed by atoms with Crippen LogP contribution < -0.4 is 5.32 Å². The predicted octanol–water partition coefficient (Wildman–Crippen LogP) is 2.19. The monoisotopic (exact) mass is 423 g/mol. The first kappa shape index (κ1) is 21.5. The van der Waals surface area contributed by atoms with E-state index in [9.17, 15) is 13.8 Å². The van der Waals surface area contributed by atoms with Gasteiger partial charge in [-0.3, -0.25) is 9.53 Å². The summed E-state index contributed by atoms with van der Waals surface area (Å²) in [6.07, 6.45) is 2.07. The van der Waals surface area contributed by atoms with E-state index >= 15 is 0 Å². The highest BCUT2D eigenvalue weighted by molar-refractivity contribution is 7.85. The normalized spacial score (nSPS) is 25.0. The van der Waals surface area contributed by atoms with Crippen molar-refractivity contribution < 1.29 is 18.5 Å². The standard InChI is InChI=1S/C19H29N5O4S/c1-13-11-23(9-10-29(13)27)17(25)22-16-20-7-5-15(21-16)14-6-8-24(12-14)18(26)28-19(2,3)4/h5,7,13-14H,6,8-12H2,1-4H3,(H,20,21,22,25). The van der Waals surface area contributed by atoms with Crippen molar-refractivity contribution in [2.24, 2.45) is 0 Å². The number of likely N-dealkylation sites (tertiary alicyclic amines) is 1. The highest BCUT2D eigenvalue weighted by Crippen LogP contribution is 2.27. The molecule has 1 aromatic heterocycles. The third-order valence-corrected chi connectivity index (χ3v) is 6.56. The summed E-state index contributed by atoms with van der Waals surface area (Å²) in [6, 6.07) is 1.53. The minimum atomic E-state index is -0.883. The first-order valence-corrected chi connectivity index (χ1v) is 11.2. The van der Waals surface area contributed by atoms with Crippen LogP contribution in [0.5, 0.6) is 0 Å². The maximum atomic E-state index is 12.5. The van der Waals surface area contributed by atoms with E-state index in [-0.39, 0.29) is 29.2 Å². The molecule has 0 aromatic carbocycles. The van der Waals surface area contributed by atoms with E-state index < -0.39 is 16.4 Å². The van der Waals surface area contributed by atoms with E-state index in [1.165, 1.54) is 0 Å². The lowest BCUT2D eigenvalue weighted by Crippen LogP contribution is -2.47. The molecule has 0 bridgehead atoms. The van der Waals surface area contributed by atoms with Gasteiger partial charge in [0.05, 0.1) is 5.69 Å².